The van der Waals surface area contributed by atoms with Gasteiger partial charge in [-0.05, 0) is 25.5 Å². The number of nitro groups is 1. The Morgan fingerprint density at radius 2 is 2.15 bits per heavy atom. The number of alkyl halides is 3. The van der Waals surface area contributed by atoms with Gasteiger partial charge in [-0.15, -0.1) is 0 Å². The van der Waals surface area contributed by atoms with Gasteiger partial charge in [0.05, 0.1) is 16.6 Å². The van der Waals surface area contributed by atoms with Crippen LogP contribution >= 0.6 is 0 Å². The summed E-state index contributed by atoms with van der Waals surface area (Å²) in [5.74, 6) is -0.139. The van der Waals surface area contributed by atoms with E-state index in [1.807, 2.05) is 0 Å². The van der Waals surface area contributed by atoms with Gasteiger partial charge in [-0.1, -0.05) is 0 Å². The van der Waals surface area contributed by atoms with E-state index in [1.165, 1.54) is 0 Å². The largest absolute Gasteiger partial charge is 0.492 e. The molecule has 0 unspecified atom stereocenters. The minimum atomic E-state index is -4.64. The van der Waals surface area contributed by atoms with Crippen molar-refractivity contribution in [3.8, 4) is 5.75 Å². The van der Waals surface area contributed by atoms with Crippen molar-refractivity contribution in [2.24, 2.45) is 0 Å². The van der Waals surface area contributed by atoms with Gasteiger partial charge in [-0.2, -0.15) is 13.2 Å². The number of hydrogen-bond donors (Lipinski definition) is 1. The zero-order valence-electron chi connectivity index (χ0n) is 10.4. The van der Waals surface area contributed by atoms with Crippen LogP contribution in [-0.4, -0.2) is 24.1 Å². The van der Waals surface area contributed by atoms with Crippen molar-refractivity contribution in [1.29, 1.82) is 0 Å². The minimum Gasteiger partial charge on any atom is -0.492 e. The lowest BCUT2D eigenvalue weighted by Gasteiger charge is -2.13. The second kappa shape index (κ2) is 5.66. The van der Waals surface area contributed by atoms with Gasteiger partial charge in [0.15, 0.2) is 0 Å². The summed E-state index contributed by atoms with van der Waals surface area (Å²) >= 11 is 0. The number of rotatable bonds is 4. The van der Waals surface area contributed by atoms with E-state index >= 15 is 0 Å². The first-order valence-electron chi connectivity index (χ1n) is 6.09. The molecule has 1 saturated heterocycles. The van der Waals surface area contributed by atoms with E-state index in [1.54, 1.807) is 0 Å². The number of nitrogens with one attached hydrogen (secondary N) is 1. The maximum atomic E-state index is 12.7. The van der Waals surface area contributed by atoms with Crippen LogP contribution < -0.4 is 10.1 Å². The molecule has 1 fully saturated rings. The minimum absolute atomic E-state index is 0.0728. The fourth-order valence-corrected chi connectivity index (χ4v) is 2.03. The van der Waals surface area contributed by atoms with Crippen molar-refractivity contribution >= 4 is 5.69 Å². The maximum absolute atomic E-state index is 12.7. The van der Waals surface area contributed by atoms with Gasteiger partial charge < -0.3 is 10.1 Å². The Morgan fingerprint density at radius 3 is 2.70 bits per heavy atom. The molecule has 0 amide bonds. The third-order valence-corrected chi connectivity index (χ3v) is 3.04. The highest BCUT2D eigenvalue weighted by atomic mass is 19.4. The van der Waals surface area contributed by atoms with Crippen molar-refractivity contribution in [2.45, 2.75) is 25.1 Å². The molecule has 1 heterocycles. The Hall–Kier alpha value is -1.83. The molecule has 0 radical (unpaired) electrons. The summed E-state index contributed by atoms with van der Waals surface area (Å²) in [5.41, 5.74) is -1.71. The van der Waals surface area contributed by atoms with E-state index in [2.05, 4.69) is 5.32 Å². The summed E-state index contributed by atoms with van der Waals surface area (Å²) in [5, 5.41) is 13.8. The molecule has 0 spiro atoms. The topological polar surface area (TPSA) is 64.4 Å². The Kier molecular flexibility index (Phi) is 4.12. The third kappa shape index (κ3) is 3.60. The third-order valence-electron chi connectivity index (χ3n) is 3.04. The molecule has 0 aromatic heterocycles. The van der Waals surface area contributed by atoms with Gasteiger partial charge in [0.25, 0.3) is 5.69 Å². The van der Waals surface area contributed by atoms with Crippen LogP contribution in [0.1, 0.15) is 18.4 Å². The first-order valence-corrected chi connectivity index (χ1v) is 6.09. The Balaban J connectivity index is 2.17. The summed E-state index contributed by atoms with van der Waals surface area (Å²) in [6, 6.07) is 2.36. The number of hydrogen-bond acceptors (Lipinski definition) is 4. The normalized spacial score (nSPS) is 19.1. The second-order valence-corrected chi connectivity index (χ2v) is 4.57. The van der Waals surface area contributed by atoms with Crippen LogP contribution in [0.5, 0.6) is 5.75 Å². The summed E-state index contributed by atoms with van der Waals surface area (Å²) in [6.45, 7) is 1.04. The van der Waals surface area contributed by atoms with Gasteiger partial charge >= 0.3 is 6.18 Å². The number of nitro benzene ring substituents is 1. The molecule has 0 saturated carbocycles. The molecule has 1 aliphatic heterocycles. The second-order valence-electron chi connectivity index (χ2n) is 4.57. The predicted octanol–water partition coefficient (Wildman–Crippen LogP) is 2.74. The van der Waals surface area contributed by atoms with Crippen molar-refractivity contribution < 1.29 is 22.8 Å². The molecule has 110 valence electrons. The smallest absolute Gasteiger partial charge is 0.416 e. The number of ether oxygens (including phenoxy) is 1. The van der Waals surface area contributed by atoms with Crippen molar-refractivity contribution in [3.63, 3.8) is 0 Å². The van der Waals surface area contributed by atoms with Crippen LogP contribution in [0, 0.1) is 10.1 Å². The summed E-state index contributed by atoms with van der Waals surface area (Å²) in [6.07, 6.45) is -2.78. The number of nitrogens with zero attached hydrogens (tertiary/aromatic N) is 1. The van der Waals surface area contributed by atoms with Crippen molar-refractivity contribution in [2.75, 3.05) is 13.2 Å². The van der Waals surface area contributed by atoms with Gasteiger partial charge in [0.2, 0.25) is 0 Å². The van der Waals surface area contributed by atoms with Crippen LogP contribution in [0.4, 0.5) is 18.9 Å². The van der Waals surface area contributed by atoms with E-state index in [9.17, 15) is 23.3 Å². The zero-order chi connectivity index (χ0) is 14.8. The van der Waals surface area contributed by atoms with E-state index in [-0.39, 0.29) is 18.4 Å². The molecular formula is C12H13F3N2O3. The summed E-state index contributed by atoms with van der Waals surface area (Å²) in [4.78, 5) is 9.80. The number of non-ortho nitro benzene ring substituents is 1. The maximum Gasteiger partial charge on any atom is 0.416 e. The standard InChI is InChI=1S/C12H13F3N2O3/c13-12(14,15)8-4-10(17(18)19)6-11(5-8)20-7-9-2-1-3-16-9/h4-6,9,16H,1-3,7H2/t9-/m0/s1. The molecule has 20 heavy (non-hydrogen) atoms. The van der Waals surface area contributed by atoms with Gasteiger partial charge in [0, 0.05) is 12.1 Å². The molecular weight excluding hydrogens is 277 g/mol. The lowest BCUT2D eigenvalue weighted by atomic mass is 10.2. The molecule has 1 aromatic rings. The molecule has 1 atom stereocenters. The summed E-state index contributed by atoms with van der Waals surface area (Å²) < 4.78 is 43.2. The lowest BCUT2D eigenvalue weighted by molar-refractivity contribution is -0.385. The quantitative estimate of drug-likeness (QED) is 0.684. The highest BCUT2D eigenvalue weighted by Gasteiger charge is 2.33. The Bertz CT molecular complexity index is 499. The molecule has 8 heteroatoms. The average Bonchev–Trinajstić information content (AvgIpc) is 2.88. The van der Waals surface area contributed by atoms with Gasteiger partial charge in [-0.3, -0.25) is 10.1 Å². The highest BCUT2D eigenvalue weighted by Crippen LogP contribution is 2.34. The molecule has 1 aromatic carbocycles. The van der Waals surface area contributed by atoms with E-state index in [0.717, 1.165) is 31.5 Å². The molecule has 1 N–H and O–H groups in total. The molecule has 0 bridgehead atoms. The fraction of sp³-hybridized carbons (Fsp3) is 0.500. The van der Waals surface area contributed by atoms with Crippen LogP contribution in [0.25, 0.3) is 0 Å². The molecule has 1 aliphatic rings. The van der Waals surface area contributed by atoms with Crippen LogP contribution in [-0.2, 0) is 6.18 Å². The van der Waals surface area contributed by atoms with Crippen LogP contribution in [0.15, 0.2) is 18.2 Å². The van der Waals surface area contributed by atoms with Crippen LogP contribution in [0.3, 0.4) is 0 Å². The SMILES string of the molecule is O=[N+]([O-])c1cc(OC[C@@H]2CCCN2)cc(C(F)(F)F)c1. The Labute approximate surface area is 112 Å². The van der Waals surface area contributed by atoms with Crippen molar-refractivity contribution in [1.82, 2.24) is 5.32 Å². The summed E-state index contributed by atoms with van der Waals surface area (Å²) in [7, 11) is 0. The van der Waals surface area contributed by atoms with Gasteiger partial charge in [0.1, 0.15) is 12.4 Å². The number of halogens is 3. The van der Waals surface area contributed by atoms with E-state index in [4.69, 9.17) is 4.74 Å². The van der Waals surface area contributed by atoms with Gasteiger partial charge in [-0.25, -0.2) is 0 Å². The fourth-order valence-electron chi connectivity index (χ4n) is 2.03. The highest BCUT2D eigenvalue weighted by molar-refractivity contribution is 5.43. The lowest BCUT2D eigenvalue weighted by Crippen LogP contribution is -2.28. The van der Waals surface area contributed by atoms with Crippen molar-refractivity contribution in [3.05, 3.63) is 33.9 Å². The van der Waals surface area contributed by atoms with Crippen LogP contribution in [0.2, 0.25) is 0 Å². The Morgan fingerprint density at radius 1 is 1.40 bits per heavy atom. The average molecular weight is 290 g/mol. The monoisotopic (exact) mass is 290 g/mol. The van der Waals surface area contributed by atoms with E-state index in [0.29, 0.717) is 6.07 Å². The first kappa shape index (κ1) is 14.6. The number of benzene rings is 1. The molecule has 0 aliphatic carbocycles. The molecule has 2 rings (SSSR count). The molecule has 5 nitrogen and oxygen atoms in total. The first-order chi connectivity index (χ1) is 9.36. The predicted molar refractivity (Wildman–Crippen MR) is 64.6 cm³/mol. The van der Waals surface area contributed by atoms with E-state index < -0.39 is 22.4 Å². The zero-order valence-corrected chi connectivity index (χ0v) is 10.4.